The maximum Gasteiger partial charge on any atom is 0.119 e. The second kappa shape index (κ2) is 5.83. The molecule has 20 heavy (non-hydrogen) atoms. The molecule has 0 fully saturated rings. The Bertz CT molecular complexity index is 565. The fourth-order valence-corrected chi connectivity index (χ4v) is 2.17. The van der Waals surface area contributed by atoms with E-state index in [4.69, 9.17) is 4.74 Å². The smallest absolute Gasteiger partial charge is 0.119 e. The first kappa shape index (κ1) is 14.2. The van der Waals surface area contributed by atoms with Crippen molar-refractivity contribution in [1.29, 1.82) is 0 Å². The number of rotatable bonds is 5. The zero-order valence-corrected chi connectivity index (χ0v) is 12.0. The van der Waals surface area contributed by atoms with Crippen LogP contribution in [0.1, 0.15) is 25.0 Å². The lowest BCUT2D eigenvalue weighted by Crippen LogP contribution is -2.18. The number of hydrogen-bond acceptors (Lipinski definition) is 2. The number of ether oxygens (including phenoxy) is 1. The third-order valence-corrected chi connectivity index (χ3v) is 3.53. The monoisotopic (exact) mass is 268 g/mol. The molecule has 0 amide bonds. The lowest BCUT2D eigenvalue weighted by atomic mass is 9.78. The van der Waals surface area contributed by atoms with E-state index in [1.165, 1.54) is 5.56 Å². The summed E-state index contributed by atoms with van der Waals surface area (Å²) in [6.07, 6.45) is 1.73. The van der Waals surface area contributed by atoms with Crippen molar-refractivity contribution in [2.45, 2.75) is 19.3 Å². The molecule has 0 aliphatic rings. The van der Waals surface area contributed by atoms with Crippen LogP contribution >= 0.6 is 0 Å². The summed E-state index contributed by atoms with van der Waals surface area (Å²) in [6, 6.07) is 15.4. The second-order valence-corrected chi connectivity index (χ2v) is 5.30. The fourth-order valence-electron chi connectivity index (χ4n) is 2.17. The van der Waals surface area contributed by atoms with Crippen molar-refractivity contribution in [2.24, 2.45) is 0 Å². The Morgan fingerprint density at radius 1 is 1.00 bits per heavy atom. The minimum absolute atomic E-state index is 0.120. The summed E-state index contributed by atoms with van der Waals surface area (Å²) >= 11 is 0. The van der Waals surface area contributed by atoms with Crippen LogP contribution in [0.2, 0.25) is 0 Å². The summed E-state index contributed by atoms with van der Waals surface area (Å²) in [4.78, 5) is 0. The predicted molar refractivity (Wildman–Crippen MR) is 82.4 cm³/mol. The molecule has 2 aromatic carbocycles. The van der Waals surface area contributed by atoms with E-state index in [1.54, 1.807) is 18.2 Å². The molecular weight excluding hydrogens is 248 g/mol. The van der Waals surface area contributed by atoms with Crippen molar-refractivity contribution in [3.63, 3.8) is 0 Å². The molecule has 2 aromatic rings. The maximum atomic E-state index is 9.39. The van der Waals surface area contributed by atoms with Gasteiger partial charge in [-0.2, -0.15) is 0 Å². The number of benzene rings is 2. The van der Waals surface area contributed by atoms with E-state index in [-0.39, 0.29) is 11.2 Å². The molecule has 0 aromatic heterocycles. The zero-order valence-electron chi connectivity index (χ0n) is 12.0. The number of phenolic OH excluding ortho intramolecular Hbond substituents is 1. The summed E-state index contributed by atoms with van der Waals surface area (Å²) in [5, 5.41) is 9.39. The molecule has 0 aliphatic carbocycles. The average Bonchev–Trinajstić information content (AvgIpc) is 2.46. The molecule has 0 radical (unpaired) electrons. The van der Waals surface area contributed by atoms with Gasteiger partial charge >= 0.3 is 0 Å². The van der Waals surface area contributed by atoms with Crippen molar-refractivity contribution < 1.29 is 9.84 Å². The molecule has 2 rings (SSSR count). The summed E-state index contributed by atoms with van der Waals surface area (Å²) in [5.74, 6) is 1.13. The van der Waals surface area contributed by atoms with Crippen LogP contribution in [-0.2, 0) is 5.41 Å². The van der Waals surface area contributed by atoms with Gasteiger partial charge in [-0.15, -0.1) is 0 Å². The molecule has 0 bridgehead atoms. The molecule has 0 atom stereocenters. The Kier molecular flexibility index (Phi) is 4.14. The van der Waals surface area contributed by atoms with Gasteiger partial charge in [0.05, 0.1) is 0 Å². The zero-order chi connectivity index (χ0) is 14.6. The first-order valence-electron chi connectivity index (χ1n) is 6.68. The Labute approximate surface area is 120 Å². The Hall–Kier alpha value is -2.22. The molecule has 0 unspecified atom stereocenters. The summed E-state index contributed by atoms with van der Waals surface area (Å²) in [7, 11) is 0. The molecule has 0 spiro atoms. The summed E-state index contributed by atoms with van der Waals surface area (Å²) in [5.41, 5.74) is 2.24. The molecule has 0 saturated heterocycles. The van der Waals surface area contributed by atoms with Crippen LogP contribution in [0.25, 0.3) is 0 Å². The molecule has 1 N–H and O–H groups in total. The number of aromatic hydroxyl groups is 1. The van der Waals surface area contributed by atoms with Crippen LogP contribution in [0.4, 0.5) is 0 Å². The Balaban J connectivity index is 2.24. The quantitative estimate of drug-likeness (QED) is 0.820. The van der Waals surface area contributed by atoms with Gasteiger partial charge in [0.25, 0.3) is 0 Å². The van der Waals surface area contributed by atoms with E-state index in [2.05, 4.69) is 32.6 Å². The van der Waals surface area contributed by atoms with E-state index in [0.717, 1.165) is 11.3 Å². The van der Waals surface area contributed by atoms with Crippen LogP contribution in [-0.4, -0.2) is 11.7 Å². The third kappa shape index (κ3) is 3.02. The van der Waals surface area contributed by atoms with Gasteiger partial charge in [-0.3, -0.25) is 0 Å². The van der Waals surface area contributed by atoms with Gasteiger partial charge in [0.15, 0.2) is 0 Å². The lowest BCUT2D eigenvalue weighted by molar-refractivity contribution is 0.363. The van der Waals surface area contributed by atoms with E-state index < -0.39 is 0 Å². The van der Waals surface area contributed by atoms with Crippen LogP contribution in [0.3, 0.4) is 0 Å². The Morgan fingerprint density at radius 3 is 2.00 bits per heavy atom. The molecule has 0 saturated carbocycles. The van der Waals surface area contributed by atoms with Crippen molar-refractivity contribution in [3.05, 3.63) is 72.3 Å². The Morgan fingerprint density at radius 2 is 1.50 bits per heavy atom. The van der Waals surface area contributed by atoms with Gasteiger partial charge in [-0.05, 0) is 35.4 Å². The first-order chi connectivity index (χ1) is 9.54. The van der Waals surface area contributed by atoms with Gasteiger partial charge in [-0.1, -0.05) is 50.8 Å². The van der Waals surface area contributed by atoms with E-state index >= 15 is 0 Å². The standard InChI is InChI=1S/C18H20O2/c1-4-13-20-17-11-7-15(8-12-17)18(2,3)14-5-9-16(19)10-6-14/h4-12,19H,1,13H2,2-3H3. The first-order valence-corrected chi connectivity index (χ1v) is 6.68. The van der Waals surface area contributed by atoms with Crippen LogP contribution in [0.5, 0.6) is 11.5 Å². The van der Waals surface area contributed by atoms with Crippen molar-refractivity contribution >= 4 is 0 Å². The van der Waals surface area contributed by atoms with Crippen molar-refractivity contribution in [1.82, 2.24) is 0 Å². The molecule has 104 valence electrons. The topological polar surface area (TPSA) is 29.5 Å². The largest absolute Gasteiger partial charge is 0.508 e. The van der Waals surface area contributed by atoms with E-state index in [1.807, 2.05) is 24.3 Å². The van der Waals surface area contributed by atoms with Gasteiger partial charge in [0.2, 0.25) is 0 Å². The highest BCUT2D eigenvalue weighted by atomic mass is 16.5. The second-order valence-electron chi connectivity index (χ2n) is 5.30. The average molecular weight is 268 g/mol. The van der Waals surface area contributed by atoms with E-state index in [0.29, 0.717) is 6.61 Å². The molecule has 0 heterocycles. The molecule has 2 nitrogen and oxygen atoms in total. The minimum atomic E-state index is -0.120. The lowest BCUT2D eigenvalue weighted by Gasteiger charge is -2.26. The SMILES string of the molecule is C=CCOc1ccc(C(C)(C)c2ccc(O)cc2)cc1. The van der Waals surface area contributed by atoms with Crippen molar-refractivity contribution in [2.75, 3.05) is 6.61 Å². The van der Waals surface area contributed by atoms with Gasteiger partial charge in [-0.25, -0.2) is 0 Å². The van der Waals surface area contributed by atoms with Crippen LogP contribution in [0.15, 0.2) is 61.2 Å². The van der Waals surface area contributed by atoms with Crippen molar-refractivity contribution in [3.8, 4) is 11.5 Å². The highest BCUT2D eigenvalue weighted by Crippen LogP contribution is 2.33. The molecule has 0 aliphatic heterocycles. The normalized spacial score (nSPS) is 11.1. The van der Waals surface area contributed by atoms with Gasteiger partial charge < -0.3 is 9.84 Å². The highest BCUT2D eigenvalue weighted by Gasteiger charge is 2.22. The fraction of sp³-hybridized carbons (Fsp3) is 0.222. The summed E-state index contributed by atoms with van der Waals surface area (Å²) < 4.78 is 5.49. The van der Waals surface area contributed by atoms with Gasteiger partial charge in [0.1, 0.15) is 18.1 Å². The molecule has 2 heteroatoms. The van der Waals surface area contributed by atoms with Crippen LogP contribution in [0, 0.1) is 0 Å². The number of hydrogen-bond donors (Lipinski definition) is 1. The predicted octanol–water partition coefficient (Wildman–Crippen LogP) is 4.28. The highest BCUT2D eigenvalue weighted by molar-refractivity contribution is 5.41. The van der Waals surface area contributed by atoms with E-state index in [9.17, 15) is 5.11 Å². The van der Waals surface area contributed by atoms with Crippen LogP contribution < -0.4 is 4.74 Å². The minimum Gasteiger partial charge on any atom is -0.508 e. The number of phenols is 1. The maximum absolute atomic E-state index is 9.39. The summed E-state index contributed by atoms with van der Waals surface area (Å²) in [6.45, 7) is 8.48. The third-order valence-electron chi connectivity index (χ3n) is 3.53. The molecular formula is C18H20O2. The van der Waals surface area contributed by atoms with Gasteiger partial charge in [0, 0.05) is 5.41 Å².